The van der Waals surface area contributed by atoms with Gasteiger partial charge >= 0.3 is 0 Å². The fraction of sp³-hybridized carbons (Fsp3) is 0.500. The Morgan fingerprint density at radius 2 is 2.11 bits per heavy atom. The Balaban J connectivity index is 2.41. The van der Waals surface area contributed by atoms with Gasteiger partial charge in [0, 0.05) is 22.6 Å². The van der Waals surface area contributed by atoms with E-state index in [1.54, 1.807) is 19.2 Å². The Kier molecular flexibility index (Phi) is 5.54. The molecule has 0 aromatic heterocycles. The molecule has 0 saturated heterocycles. The Hall–Kier alpha value is -1.16. The predicted molar refractivity (Wildman–Crippen MR) is 77.5 cm³/mol. The summed E-state index contributed by atoms with van der Waals surface area (Å²) in [6, 6.07) is 7.17. The molecule has 1 rings (SSSR count). The van der Waals surface area contributed by atoms with Crippen molar-refractivity contribution in [1.82, 2.24) is 5.32 Å². The van der Waals surface area contributed by atoms with Gasteiger partial charge in [-0.15, -0.1) is 0 Å². The lowest BCUT2D eigenvalue weighted by Crippen LogP contribution is -2.26. The fourth-order valence-corrected chi connectivity index (χ4v) is 2.20. The Morgan fingerprint density at radius 3 is 2.72 bits per heavy atom. The second-order valence-corrected chi connectivity index (χ2v) is 6.87. The summed E-state index contributed by atoms with van der Waals surface area (Å²) < 4.78 is 5.33. The van der Waals surface area contributed by atoms with Crippen LogP contribution in [0, 0.1) is 0 Å². The van der Waals surface area contributed by atoms with E-state index < -0.39 is 0 Å². The lowest BCUT2D eigenvalue weighted by Gasteiger charge is -2.17. The number of nitrogens with one attached hydrogen (secondary N) is 1. The minimum atomic E-state index is -0.0524. The molecule has 1 N–H and O–H groups in total. The largest absolute Gasteiger partial charge is 0.497 e. The van der Waals surface area contributed by atoms with Crippen LogP contribution in [0.5, 0.6) is 5.75 Å². The highest BCUT2D eigenvalue weighted by Gasteiger charge is 2.10. The van der Waals surface area contributed by atoms with Gasteiger partial charge in [0.2, 0.25) is 0 Å². The maximum Gasteiger partial charge on any atom is 0.251 e. The molecule has 0 spiro atoms. The van der Waals surface area contributed by atoms with Crippen LogP contribution in [-0.2, 0) is 0 Å². The highest BCUT2D eigenvalue weighted by Crippen LogP contribution is 2.22. The summed E-state index contributed by atoms with van der Waals surface area (Å²) in [6.45, 7) is 7.18. The van der Waals surface area contributed by atoms with Gasteiger partial charge in [-0.25, -0.2) is 0 Å². The molecule has 3 nitrogen and oxygen atoms in total. The van der Waals surface area contributed by atoms with Crippen molar-refractivity contribution in [3.05, 3.63) is 29.8 Å². The Labute approximate surface area is 113 Å². The number of amides is 1. The molecule has 0 bridgehead atoms. The van der Waals surface area contributed by atoms with Crippen LogP contribution < -0.4 is 10.1 Å². The number of rotatable bonds is 5. The van der Waals surface area contributed by atoms with E-state index in [0.29, 0.717) is 17.9 Å². The molecule has 0 aliphatic rings. The second-order valence-electron chi connectivity index (χ2n) is 4.95. The van der Waals surface area contributed by atoms with Crippen LogP contribution in [0.15, 0.2) is 24.3 Å². The van der Waals surface area contributed by atoms with E-state index in [4.69, 9.17) is 4.74 Å². The Bertz CT molecular complexity index is 399. The molecular weight excluding hydrogens is 246 g/mol. The van der Waals surface area contributed by atoms with E-state index in [2.05, 4.69) is 26.1 Å². The van der Waals surface area contributed by atoms with Crippen LogP contribution in [0.2, 0.25) is 0 Å². The fourth-order valence-electron chi connectivity index (χ4n) is 1.39. The van der Waals surface area contributed by atoms with E-state index in [-0.39, 0.29) is 10.7 Å². The third kappa shape index (κ3) is 5.45. The number of carbonyl (C=O) groups is 1. The molecule has 1 aromatic rings. The van der Waals surface area contributed by atoms with Crippen LogP contribution >= 0.6 is 11.8 Å². The highest BCUT2D eigenvalue weighted by atomic mass is 32.2. The molecule has 0 aliphatic carbocycles. The van der Waals surface area contributed by atoms with E-state index in [1.807, 2.05) is 23.9 Å². The predicted octanol–water partition coefficient (Wildman–Crippen LogP) is 2.96. The van der Waals surface area contributed by atoms with Gasteiger partial charge in [0.1, 0.15) is 5.75 Å². The Morgan fingerprint density at radius 1 is 1.39 bits per heavy atom. The van der Waals surface area contributed by atoms with E-state index in [9.17, 15) is 4.79 Å². The number of hydrogen-bond acceptors (Lipinski definition) is 3. The van der Waals surface area contributed by atoms with Crippen LogP contribution in [0.1, 0.15) is 31.1 Å². The van der Waals surface area contributed by atoms with Crippen molar-refractivity contribution < 1.29 is 9.53 Å². The minimum absolute atomic E-state index is 0.0524. The maximum absolute atomic E-state index is 11.9. The van der Waals surface area contributed by atoms with Crippen molar-refractivity contribution in [1.29, 1.82) is 0 Å². The van der Waals surface area contributed by atoms with Crippen molar-refractivity contribution in [3.8, 4) is 5.75 Å². The van der Waals surface area contributed by atoms with Gasteiger partial charge < -0.3 is 10.1 Å². The topological polar surface area (TPSA) is 38.3 Å². The first-order valence-electron chi connectivity index (χ1n) is 5.98. The van der Waals surface area contributed by atoms with Crippen molar-refractivity contribution in [2.75, 3.05) is 19.4 Å². The van der Waals surface area contributed by atoms with Crippen molar-refractivity contribution >= 4 is 17.7 Å². The zero-order valence-corrected chi connectivity index (χ0v) is 12.3. The summed E-state index contributed by atoms with van der Waals surface area (Å²) >= 11 is 1.84. The van der Waals surface area contributed by atoms with Gasteiger partial charge in [-0.1, -0.05) is 26.8 Å². The smallest absolute Gasteiger partial charge is 0.251 e. The minimum Gasteiger partial charge on any atom is -0.497 e. The number of hydrogen-bond donors (Lipinski definition) is 1. The normalized spacial score (nSPS) is 11.1. The van der Waals surface area contributed by atoms with Crippen molar-refractivity contribution in [2.45, 2.75) is 25.5 Å². The van der Waals surface area contributed by atoms with E-state index in [0.717, 1.165) is 5.75 Å². The standard InChI is InChI=1S/C14H21NO2S/c1-14(2,3)18-9-8-15-13(16)11-6-5-7-12(10-11)17-4/h5-7,10H,8-9H2,1-4H3,(H,15,16). The van der Waals surface area contributed by atoms with Gasteiger partial charge in [0.05, 0.1) is 7.11 Å². The van der Waals surface area contributed by atoms with E-state index >= 15 is 0 Å². The van der Waals surface area contributed by atoms with Gasteiger partial charge in [-0.2, -0.15) is 11.8 Å². The van der Waals surface area contributed by atoms with Gasteiger partial charge in [-0.3, -0.25) is 4.79 Å². The molecule has 1 aromatic carbocycles. The number of benzene rings is 1. The first-order chi connectivity index (χ1) is 8.42. The number of thioether (sulfide) groups is 1. The monoisotopic (exact) mass is 267 g/mol. The lowest BCUT2D eigenvalue weighted by atomic mass is 10.2. The van der Waals surface area contributed by atoms with E-state index in [1.165, 1.54) is 0 Å². The molecule has 0 unspecified atom stereocenters. The summed E-state index contributed by atoms with van der Waals surface area (Å²) in [7, 11) is 1.59. The van der Waals surface area contributed by atoms with Crippen LogP contribution in [0.3, 0.4) is 0 Å². The van der Waals surface area contributed by atoms with Gasteiger partial charge in [0.15, 0.2) is 0 Å². The number of ether oxygens (including phenoxy) is 1. The molecule has 18 heavy (non-hydrogen) atoms. The zero-order chi connectivity index (χ0) is 13.6. The molecule has 4 heteroatoms. The van der Waals surface area contributed by atoms with Gasteiger partial charge in [-0.05, 0) is 18.2 Å². The molecule has 0 radical (unpaired) electrons. The van der Waals surface area contributed by atoms with Crippen molar-refractivity contribution in [3.63, 3.8) is 0 Å². The van der Waals surface area contributed by atoms with Crippen LogP contribution in [0.25, 0.3) is 0 Å². The number of carbonyl (C=O) groups excluding carboxylic acids is 1. The second kappa shape index (κ2) is 6.69. The summed E-state index contributed by atoms with van der Waals surface area (Å²) in [5.41, 5.74) is 0.634. The molecular formula is C14H21NO2S. The zero-order valence-electron chi connectivity index (χ0n) is 11.4. The highest BCUT2D eigenvalue weighted by molar-refractivity contribution is 8.00. The summed E-state index contributed by atoms with van der Waals surface area (Å²) in [5, 5.41) is 2.91. The van der Waals surface area contributed by atoms with Crippen molar-refractivity contribution in [2.24, 2.45) is 0 Å². The summed E-state index contributed by atoms with van der Waals surface area (Å²) in [6.07, 6.45) is 0. The third-order valence-electron chi connectivity index (χ3n) is 2.25. The first kappa shape index (κ1) is 14.9. The SMILES string of the molecule is COc1cccc(C(=O)NCCSC(C)(C)C)c1. The first-order valence-corrected chi connectivity index (χ1v) is 6.97. The van der Waals surface area contributed by atoms with Gasteiger partial charge in [0.25, 0.3) is 5.91 Å². The lowest BCUT2D eigenvalue weighted by molar-refractivity contribution is 0.0956. The molecule has 0 saturated carbocycles. The molecule has 1 amide bonds. The summed E-state index contributed by atoms with van der Waals surface area (Å²) in [5.74, 6) is 1.56. The average molecular weight is 267 g/mol. The molecule has 0 heterocycles. The maximum atomic E-state index is 11.9. The quantitative estimate of drug-likeness (QED) is 0.834. The molecule has 0 fully saturated rings. The number of methoxy groups -OCH3 is 1. The van der Waals surface area contributed by atoms with Crippen LogP contribution in [0.4, 0.5) is 0 Å². The molecule has 100 valence electrons. The average Bonchev–Trinajstić information content (AvgIpc) is 2.33. The molecule has 0 aliphatic heterocycles. The third-order valence-corrected chi connectivity index (χ3v) is 3.53. The van der Waals surface area contributed by atoms with Crippen LogP contribution in [-0.4, -0.2) is 30.1 Å². The summed E-state index contributed by atoms with van der Waals surface area (Å²) in [4.78, 5) is 11.9. The molecule has 0 atom stereocenters.